The van der Waals surface area contributed by atoms with Crippen molar-refractivity contribution in [2.45, 2.75) is 45.0 Å². The summed E-state index contributed by atoms with van der Waals surface area (Å²) in [5.41, 5.74) is 0.0415. The van der Waals surface area contributed by atoms with E-state index in [1.165, 1.54) is 24.3 Å². The maximum absolute atomic E-state index is 12.8. The number of esters is 3. The highest BCUT2D eigenvalue weighted by Gasteiger charge is 2.46. The molecular weight excluding hydrogens is 446 g/mol. The topological polar surface area (TPSA) is 180 Å². The highest BCUT2D eigenvalue weighted by molar-refractivity contribution is 6.02. The smallest absolute Gasteiger partial charge is 0.377 e. The molecule has 1 aliphatic heterocycles. The second-order valence-electron chi connectivity index (χ2n) is 6.62. The van der Waals surface area contributed by atoms with Gasteiger partial charge in [0.2, 0.25) is 18.3 Å². The second kappa shape index (κ2) is 10.8. The van der Waals surface area contributed by atoms with Crippen molar-refractivity contribution in [1.29, 1.82) is 0 Å². The van der Waals surface area contributed by atoms with Gasteiger partial charge >= 0.3 is 29.8 Å². The Kier molecular flexibility index (Phi) is 8.20. The van der Waals surface area contributed by atoms with Crippen LogP contribution < -0.4 is 0 Å². The van der Waals surface area contributed by atoms with Crippen LogP contribution in [0.5, 0.6) is 0 Å². The molecule has 33 heavy (non-hydrogen) atoms. The van der Waals surface area contributed by atoms with Gasteiger partial charge in [0.1, 0.15) is 0 Å². The normalized spacial score (nSPS) is 15.8. The van der Waals surface area contributed by atoms with Crippen molar-refractivity contribution in [2.75, 3.05) is 0 Å². The molecule has 1 N–H and O–H groups in total. The lowest BCUT2D eigenvalue weighted by Crippen LogP contribution is -2.49. The Labute approximate surface area is 186 Å². The van der Waals surface area contributed by atoms with E-state index in [0.29, 0.717) is 0 Å². The number of hydrogen-bond donors (Lipinski definition) is 1. The van der Waals surface area contributed by atoms with Gasteiger partial charge in [-0.15, -0.1) is 5.06 Å². The monoisotopic (exact) mass is 465 g/mol. The number of nitrogens with zero attached hydrogens (tertiary/aromatic N) is 1. The van der Waals surface area contributed by atoms with Crippen molar-refractivity contribution >= 4 is 41.7 Å². The van der Waals surface area contributed by atoms with Crippen LogP contribution in [0, 0.1) is 0 Å². The van der Waals surface area contributed by atoms with Gasteiger partial charge in [-0.1, -0.05) is 30.3 Å². The molecule has 1 aromatic rings. The third-order valence-electron chi connectivity index (χ3n) is 4.07. The fraction of sp³-hybridized carbons (Fsp3) is 0.350. The summed E-state index contributed by atoms with van der Waals surface area (Å²) >= 11 is 0. The molecule has 1 aromatic carbocycles. The number of carboxylic acids is 1. The van der Waals surface area contributed by atoms with Gasteiger partial charge in [0.25, 0.3) is 11.8 Å². The van der Waals surface area contributed by atoms with E-state index in [9.17, 15) is 38.7 Å². The van der Waals surface area contributed by atoms with Crippen LogP contribution >= 0.6 is 0 Å². The number of carbonyl (C=O) groups is 7. The molecule has 13 heteroatoms. The summed E-state index contributed by atoms with van der Waals surface area (Å²) in [6.07, 6.45) is -6.97. The lowest BCUT2D eigenvalue weighted by Gasteiger charge is -2.25. The number of rotatable bonds is 9. The summed E-state index contributed by atoms with van der Waals surface area (Å²) in [5, 5.41) is 9.56. The van der Waals surface area contributed by atoms with Crippen LogP contribution in [0.4, 0.5) is 0 Å². The molecule has 2 amide bonds. The summed E-state index contributed by atoms with van der Waals surface area (Å²) in [4.78, 5) is 88.1. The number of carboxylic acid groups (broad SMARTS) is 1. The van der Waals surface area contributed by atoms with Crippen LogP contribution in [-0.2, 0) is 52.6 Å². The van der Waals surface area contributed by atoms with Crippen molar-refractivity contribution in [3.05, 3.63) is 35.9 Å². The molecule has 0 aliphatic carbocycles. The average Bonchev–Trinajstić information content (AvgIpc) is 3.06. The zero-order valence-electron chi connectivity index (χ0n) is 17.4. The summed E-state index contributed by atoms with van der Waals surface area (Å²) in [6, 6.07) is 7.22. The van der Waals surface area contributed by atoms with Gasteiger partial charge in [0.05, 0.1) is 0 Å². The number of imide groups is 1. The van der Waals surface area contributed by atoms with E-state index in [-0.39, 0.29) is 23.5 Å². The summed E-state index contributed by atoms with van der Waals surface area (Å²) in [5.74, 6) is -8.74. The van der Waals surface area contributed by atoms with Crippen molar-refractivity contribution < 1.29 is 57.7 Å². The second-order valence-corrected chi connectivity index (χ2v) is 6.62. The van der Waals surface area contributed by atoms with Crippen molar-refractivity contribution in [3.63, 3.8) is 0 Å². The van der Waals surface area contributed by atoms with Crippen LogP contribution in [0.3, 0.4) is 0 Å². The molecule has 0 saturated carbocycles. The van der Waals surface area contributed by atoms with E-state index in [2.05, 4.69) is 4.84 Å². The first-order chi connectivity index (χ1) is 15.5. The Morgan fingerprint density at radius 1 is 0.818 bits per heavy atom. The van der Waals surface area contributed by atoms with E-state index >= 15 is 0 Å². The lowest BCUT2D eigenvalue weighted by molar-refractivity contribution is -0.214. The Morgan fingerprint density at radius 3 is 1.76 bits per heavy atom. The number of hydrogen-bond acceptors (Lipinski definition) is 11. The van der Waals surface area contributed by atoms with Crippen LogP contribution in [0.2, 0.25) is 0 Å². The molecule has 0 unspecified atom stereocenters. The van der Waals surface area contributed by atoms with Gasteiger partial charge in [0, 0.05) is 32.3 Å². The molecule has 1 aliphatic rings. The van der Waals surface area contributed by atoms with Crippen molar-refractivity contribution in [1.82, 2.24) is 5.06 Å². The Bertz CT molecular complexity index is 957. The molecule has 1 heterocycles. The molecule has 3 atom stereocenters. The average molecular weight is 465 g/mol. The molecule has 0 bridgehead atoms. The van der Waals surface area contributed by atoms with E-state index in [4.69, 9.17) is 14.2 Å². The molecular formula is C20H19NO12. The summed E-state index contributed by atoms with van der Waals surface area (Å²) in [7, 11) is 0. The Morgan fingerprint density at radius 2 is 1.30 bits per heavy atom. The van der Waals surface area contributed by atoms with E-state index in [1.54, 1.807) is 6.07 Å². The van der Waals surface area contributed by atoms with Gasteiger partial charge in [-0.05, 0) is 0 Å². The van der Waals surface area contributed by atoms with Gasteiger partial charge in [-0.3, -0.25) is 19.2 Å². The lowest BCUT2D eigenvalue weighted by atomic mass is 10.1. The molecule has 0 aromatic heterocycles. The third kappa shape index (κ3) is 6.59. The van der Waals surface area contributed by atoms with E-state index in [1.807, 2.05) is 0 Å². The van der Waals surface area contributed by atoms with E-state index < -0.39 is 60.0 Å². The summed E-state index contributed by atoms with van der Waals surface area (Å²) in [6.45, 7) is 1.71. The van der Waals surface area contributed by atoms with Crippen molar-refractivity contribution in [3.8, 4) is 0 Å². The first-order valence-electron chi connectivity index (χ1n) is 9.41. The zero-order chi connectivity index (χ0) is 24.7. The Hall–Kier alpha value is -4.29. The van der Waals surface area contributed by atoms with Gasteiger partial charge in [-0.25, -0.2) is 14.4 Å². The maximum atomic E-state index is 12.8. The molecule has 1 fully saturated rings. The number of carbonyl (C=O) groups excluding carboxylic acids is 6. The van der Waals surface area contributed by atoms with Gasteiger partial charge in [0.15, 0.2) is 0 Å². The fourth-order valence-corrected chi connectivity index (χ4v) is 2.70. The van der Waals surface area contributed by atoms with Crippen LogP contribution in [0.1, 0.15) is 38.4 Å². The molecule has 2 rings (SSSR count). The predicted octanol–water partition coefficient (Wildman–Crippen LogP) is -0.174. The van der Waals surface area contributed by atoms with Crippen molar-refractivity contribution in [2.24, 2.45) is 0 Å². The predicted molar refractivity (Wildman–Crippen MR) is 101 cm³/mol. The van der Waals surface area contributed by atoms with Crippen LogP contribution in [-0.4, -0.2) is 64.0 Å². The minimum atomic E-state index is -2.31. The summed E-state index contributed by atoms with van der Waals surface area (Å²) < 4.78 is 14.4. The molecule has 176 valence electrons. The fourth-order valence-electron chi connectivity index (χ4n) is 2.70. The number of aliphatic carboxylic acids is 1. The standard InChI is InChI=1S/C20H19NO12/c1-10(22)30-16(19(28)32-15(18(26)27)12-6-4-3-5-7-12)17(31-11(2)23)20(29)33-21-13(24)8-9-14(21)25/h3-7,15-17H,8-9H2,1-2H3,(H,26,27)/t15-,16+,17+/m0/s1. The molecule has 0 radical (unpaired) electrons. The first-order valence-corrected chi connectivity index (χ1v) is 9.41. The van der Waals surface area contributed by atoms with Crippen LogP contribution in [0.15, 0.2) is 30.3 Å². The van der Waals surface area contributed by atoms with Gasteiger partial charge in [-0.2, -0.15) is 0 Å². The molecule has 0 spiro atoms. The highest BCUT2D eigenvalue weighted by atomic mass is 16.7. The molecule has 13 nitrogen and oxygen atoms in total. The number of amides is 2. The quantitative estimate of drug-likeness (QED) is 0.289. The highest BCUT2D eigenvalue weighted by Crippen LogP contribution is 2.21. The minimum absolute atomic E-state index is 0.0415. The third-order valence-corrected chi connectivity index (χ3v) is 4.07. The number of hydroxylamine groups is 2. The van der Waals surface area contributed by atoms with Crippen LogP contribution in [0.25, 0.3) is 0 Å². The molecule has 1 saturated heterocycles. The minimum Gasteiger partial charge on any atom is -0.478 e. The maximum Gasteiger partial charge on any atom is 0.377 e. The SMILES string of the molecule is CC(=O)O[C@@H](C(=O)O[C@H](C(=O)O)c1ccccc1)[C@@H](OC(C)=O)C(=O)ON1C(=O)CCC1=O. The Balaban J connectivity index is 2.34. The largest absolute Gasteiger partial charge is 0.478 e. The number of ether oxygens (including phenoxy) is 3. The van der Waals surface area contributed by atoms with Gasteiger partial charge < -0.3 is 24.2 Å². The zero-order valence-corrected chi connectivity index (χ0v) is 17.4. The first kappa shape index (κ1) is 25.0. The number of benzene rings is 1. The van der Waals surface area contributed by atoms with E-state index in [0.717, 1.165) is 13.8 Å².